The third kappa shape index (κ3) is 2.30. The molecule has 0 radical (unpaired) electrons. The van der Waals surface area contributed by atoms with Gasteiger partial charge in [0.2, 0.25) is 0 Å². The Bertz CT molecular complexity index is 375. The molecule has 3 heteroatoms. The van der Waals surface area contributed by atoms with E-state index in [-0.39, 0.29) is 0 Å². The molecule has 1 saturated heterocycles. The molecule has 0 aliphatic carbocycles. The molecule has 0 atom stereocenters. The second-order valence-electron chi connectivity index (χ2n) is 5.41. The van der Waals surface area contributed by atoms with Crippen LogP contribution in [0.4, 0.5) is 11.4 Å². The molecular weight excluding hydrogens is 198 g/mol. The van der Waals surface area contributed by atoms with E-state index in [1.807, 2.05) is 6.07 Å². The lowest BCUT2D eigenvalue weighted by Gasteiger charge is -2.40. The molecule has 0 unspecified atom stereocenters. The summed E-state index contributed by atoms with van der Waals surface area (Å²) >= 11 is 0. The summed E-state index contributed by atoms with van der Waals surface area (Å²) in [6, 6.07) is 6.34. The van der Waals surface area contributed by atoms with E-state index in [0.29, 0.717) is 0 Å². The number of benzene rings is 1. The van der Waals surface area contributed by atoms with E-state index in [4.69, 9.17) is 5.73 Å². The second kappa shape index (κ2) is 3.98. The van der Waals surface area contributed by atoms with Crippen molar-refractivity contribution in [3.8, 4) is 0 Å². The number of nitrogen functional groups attached to an aromatic ring is 1. The van der Waals surface area contributed by atoms with Crippen LogP contribution in [-0.2, 0) is 0 Å². The van der Waals surface area contributed by atoms with Gasteiger partial charge in [-0.1, -0.05) is 0 Å². The van der Waals surface area contributed by atoms with Gasteiger partial charge in [0.15, 0.2) is 0 Å². The van der Waals surface area contributed by atoms with E-state index in [1.54, 1.807) is 0 Å². The van der Waals surface area contributed by atoms with Crippen molar-refractivity contribution in [2.24, 2.45) is 0 Å². The van der Waals surface area contributed by atoms with Crippen molar-refractivity contribution in [1.82, 2.24) is 0 Å². The van der Waals surface area contributed by atoms with Crippen LogP contribution in [0, 0.1) is 6.92 Å². The van der Waals surface area contributed by atoms with Crippen LogP contribution in [0.5, 0.6) is 0 Å². The summed E-state index contributed by atoms with van der Waals surface area (Å²) in [5.41, 5.74) is 9.21. The fraction of sp³-hybridized carbons (Fsp3) is 0.538. The van der Waals surface area contributed by atoms with Gasteiger partial charge in [0, 0.05) is 11.4 Å². The minimum absolute atomic E-state index is 0.886. The lowest BCUT2D eigenvalue weighted by Crippen LogP contribution is -2.54. The van der Waals surface area contributed by atoms with Crippen molar-refractivity contribution in [2.75, 3.05) is 50.9 Å². The summed E-state index contributed by atoms with van der Waals surface area (Å²) in [6.45, 7) is 6.77. The predicted octanol–water partition coefficient (Wildman–Crippen LogP) is 1.47. The van der Waals surface area contributed by atoms with Crippen LogP contribution in [0.25, 0.3) is 0 Å². The molecule has 1 aliphatic heterocycles. The van der Waals surface area contributed by atoms with Crippen LogP contribution in [0.15, 0.2) is 18.2 Å². The molecule has 0 aromatic heterocycles. The van der Waals surface area contributed by atoms with Crippen LogP contribution < -0.4 is 10.6 Å². The zero-order chi connectivity index (χ0) is 11.8. The number of hydrogen-bond donors (Lipinski definition) is 1. The molecule has 3 nitrogen and oxygen atoms in total. The first-order valence-electron chi connectivity index (χ1n) is 5.91. The van der Waals surface area contributed by atoms with Crippen molar-refractivity contribution in [2.45, 2.75) is 6.92 Å². The monoisotopic (exact) mass is 220 g/mol. The Morgan fingerprint density at radius 1 is 1.19 bits per heavy atom. The normalized spacial score (nSPS) is 19.8. The van der Waals surface area contributed by atoms with Crippen LogP contribution >= 0.6 is 0 Å². The van der Waals surface area contributed by atoms with E-state index in [9.17, 15) is 0 Å². The average Bonchev–Trinajstić information content (AvgIpc) is 2.22. The Morgan fingerprint density at radius 3 is 2.38 bits per heavy atom. The predicted molar refractivity (Wildman–Crippen MR) is 69.6 cm³/mol. The number of quaternary nitrogens is 1. The van der Waals surface area contributed by atoms with Crippen molar-refractivity contribution < 1.29 is 4.48 Å². The molecule has 2 rings (SSSR count). The standard InChI is InChI=1S/C13H22N3/c1-11-10-12(4-5-13(11)14)15-6-8-16(2,3)9-7-15/h4-5,10H,6-9,14H2,1-3H3/q+1. The molecule has 0 spiro atoms. The van der Waals surface area contributed by atoms with Crippen molar-refractivity contribution in [1.29, 1.82) is 0 Å². The zero-order valence-electron chi connectivity index (χ0n) is 10.5. The molecule has 2 N–H and O–H groups in total. The Kier molecular flexibility index (Phi) is 2.80. The third-order valence-corrected chi connectivity index (χ3v) is 3.57. The summed E-state index contributed by atoms with van der Waals surface area (Å²) in [6.07, 6.45) is 0. The summed E-state index contributed by atoms with van der Waals surface area (Å²) in [5.74, 6) is 0. The average molecular weight is 220 g/mol. The van der Waals surface area contributed by atoms with Gasteiger partial charge in [-0.15, -0.1) is 0 Å². The van der Waals surface area contributed by atoms with Crippen LogP contribution in [0.3, 0.4) is 0 Å². The van der Waals surface area contributed by atoms with Gasteiger partial charge in [-0.3, -0.25) is 0 Å². The van der Waals surface area contributed by atoms with Gasteiger partial charge in [-0.2, -0.15) is 0 Å². The lowest BCUT2D eigenvalue weighted by molar-refractivity contribution is -0.890. The highest BCUT2D eigenvalue weighted by molar-refractivity contribution is 5.58. The second-order valence-corrected chi connectivity index (χ2v) is 5.41. The van der Waals surface area contributed by atoms with Gasteiger partial charge in [0.05, 0.1) is 40.3 Å². The topological polar surface area (TPSA) is 29.3 Å². The molecule has 1 aromatic rings. The van der Waals surface area contributed by atoms with Crippen LogP contribution in [-0.4, -0.2) is 44.8 Å². The minimum Gasteiger partial charge on any atom is -0.399 e. The van der Waals surface area contributed by atoms with Gasteiger partial charge < -0.3 is 15.1 Å². The maximum absolute atomic E-state index is 5.84. The molecule has 1 aliphatic rings. The SMILES string of the molecule is Cc1cc(N2CC[N+](C)(C)CC2)ccc1N. The fourth-order valence-electron chi connectivity index (χ4n) is 2.12. The number of rotatable bonds is 1. The molecule has 1 heterocycles. The number of anilines is 2. The van der Waals surface area contributed by atoms with Gasteiger partial charge in [0.25, 0.3) is 0 Å². The highest BCUT2D eigenvalue weighted by Crippen LogP contribution is 2.22. The summed E-state index contributed by atoms with van der Waals surface area (Å²) in [4.78, 5) is 2.45. The van der Waals surface area contributed by atoms with Crippen molar-refractivity contribution in [3.63, 3.8) is 0 Å². The molecule has 0 bridgehead atoms. The molecule has 0 saturated carbocycles. The number of hydrogen-bond acceptors (Lipinski definition) is 2. The number of piperazine rings is 1. The van der Waals surface area contributed by atoms with Gasteiger partial charge in [0.1, 0.15) is 0 Å². The van der Waals surface area contributed by atoms with Crippen molar-refractivity contribution in [3.05, 3.63) is 23.8 Å². The first-order chi connectivity index (χ1) is 7.48. The highest BCUT2D eigenvalue weighted by Gasteiger charge is 2.24. The molecule has 1 fully saturated rings. The number of nitrogens with two attached hydrogens (primary N) is 1. The fourth-order valence-corrected chi connectivity index (χ4v) is 2.12. The van der Waals surface area contributed by atoms with Crippen LogP contribution in [0.1, 0.15) is 5.56 Å². The first kappa shape index (κ1) is 11.3. The lowest BCUT2D eigenvalue weighted by atomic mass is 10.1. The smallest absolute Gasteiger partial charge is 0.0961 e. The third-order valence-electron chi connectivity index (χ3n) is 3.57. The molecule has 1 aromatic carbocycles. The maximum Gasteiger partial charge on any atom is 0.0961 e. The highest BCUT2D eigenvalue weighted by atomic mass is 15.4. The molecule has 88 valence electrons. The Hall–Kier alpha value is -1.22. The number of likely N-dealkylation sites (N-methyl/N-ethyl adjacent to an activating group) is 1. The summed E-state index contributed by atoms with van der Waals surface area (Å²) < 4.78 is 1.13. The van der Waals surface area contributed by atoms with Gasteiger partial charge in [-0.05, 0) is 30.7 Å². The van der Waals surface area contributed by atoms with Crippen LogP contribution in [0.2, 0.25) is 0 Å². The number of nitrogens with zero attached hydrogens (tertiary/aromatic N) is 2. The van der Waals surface area contributed by atoms with E-state index in [0.717, 1.165) is 23.3 Å². The Labute approximate surface area is 98.0 Å². The summed E-state index contributed by atoms with van der Waals surface area (Å²) in [7, 11) is 4.59. The summed E-state index contributed by atoms with van der Waals surface area (Å²) in [5, 5.41) is 0. The largest absolute Gasteiger partial charge is 0.399 e. The van der Waals surface area contributed by atoms with E-state index in [1.165, 1.54) is 24.3 Å². The molecule has 0 amide bonds. The van der Waals surface area contributed by atoms with E-state index >= 15 is 0 Å². The Balaban J connectivity index is 2.11. The van der Waals surface area contributed by atoms with Gasteiger partial charge >= 0.3 is 0 Å². The van der Waals surface area contributed by atoms with E-state index < -0.39 is 0 Å². The van der Waals surface area contributed by atoms with Crippen molar-refractivity contribution >= 4 is 11.4 Å². The maximum atomic E-state index is 5.84. The zero-order valence-corrected chi connectivity index (χ0v) is 10.5. The molecular formula is C13H22N3+. The molecule has 16 heavy (non-hydrogen) atoms. The quantitative estimate of drug-likeness (QED) is 0.574. The number of aryl methyl sites for hydroxylation is 1. The van der Waals surface area contributed by atoms with E-state index in [2.05, 4.69) is 38.1 Å². The Morgan fingerprint density at radius 2 is 1.81 bits per heavy atom. The first-order valence-corrected chi connectivity index (χ1v) is 5.91. The minimum atomic E-state index is 0.886. The van der Waals surface area contributed by atoms with Gasteiger partial charge in [-0.25, -0.2) is 0 Å².